The molecule has 138 valence electrons. The van der Waals surface area contributed by atoms with E-state index < -0.39 is 0 Å². The second-order valence-electron chi connectivity index (χ2n) is 6.86. The minimum absolute atomic E-state index is 0.0746. The number of benzene rings is 1. The summed E-state index contributed by atoms with van der Waals surface area (Å²) in [6.07, 6.45) is 3.29. The van der Waals surface area contributed by atoms with Gasteiger partial charge in [0.2, 0.25) is 0 Å². The molecule has 2 N–H and O–H groups in total. The van der Waals surface area contributed by atoms with E-state index in [2.05, 4.69) is 19.1 Å². The molecule has 1 atom stereocenters. The Balaban J connectivity index is 1.44. The molecule has 0 spiro atoms. The van der Waals surface area contributed by atoms with Gasteiger partial charge < -0.3 is 15.4 Å². The molecule has 2 heterocycles. The lowest BCUT2D eigenvalue weighted by atomic mass is 9.91. The fourth-order valence-electron chi connectivity index (χ4n) is 3.31. The molecule has 0 saturated carbocycles. The average Bonchev–Trinajstić information content (AvgIpc) is 2.67. The van der Waals surface area contributed by atoms with Gasteiger partial charge in [0.15, 0.2) is 6.61 Å². The van der Waals surface area contributed by atoms with Gasteiger partial charge in [-0.1, -0.05) is 12.1 Å². The van der Waals surface area contributed by atoms with Gasteiger partial charge in [-0.15, -0.1) is 23.5 Å². The van der Waals surface area contributed by atoms with Crippen LogP contribution in [0.4, 0.5) is 0 Å². The molecule has 1 unspecified atom stereocenters. The Morgan fingerprint density at radius 2 is 1.88 bits per heavy atom. The molecule has 6 heteroatoms. The number of nitrogens with zero attached hydrogens (tertiary/aromatic N) is 1. The molecule has 1 amide bonds. The molecule has 0 aliphatic carbocycles. The van der Waals surface area contributed by atoms with E-state index in [0.717, 1.165) is 31.7 Å². The normalized spacial score (nSPS) is 21.1. The van der Waals surface area contributed by atoms with Crippen molar-refractivity contribution >= 4 is 29.4 Å². The molecule has 2 fully saturated rings. The minimum Gasteiger partial charge on any atom is -0.484 e. The number of rotatable bonds is 5. The second-order valence-corrected chi connectivity index (χ2v) is 9.59. The van der Waals surface area contributed by atoms with Crippen molar-refractivity contribution < 1.29 is 9.53 Å². The Hall–Kier alpha value is -0.850. The predicted molar refractivity (Wildman–Crippen MR) is 107 cm³/mol. The lowest BCUT2D eigenvalue weighted by Crippen LogP contribution is -2.44. The monoisotopic (exact) mass is 380 g/mol. The van der Waals surface area contributed by atoms with Crippen LogP contribution in [0.5, 0.6) is 5.75 Å². The highest BCUT2D eigenvalue weighted by molar-refractivity contribution is 8.16. The van der Waals surface area contributed by atoms with E-state index in [1.165, 1.54) is 23.5 Å². The highest BCUT2D eigenvalue weighted by Crippen LogP contribution is 2.43. The first kappa shape index (κ1) is 18.9. The molecule has 1 aromatic carbocycles. The lowest BCUT2D eigenvalue weighted by molar-refractivity contribution is -0.134. The molecular weight excluding hydrogens is 352 g/mol. The van der Waals surface area contributed by atoms with Crippen LogP contribution in [0, 0.1) is 5.92 Å². The summed E-state index contributed by atoms with van der Waals surface area (Å²) in [5.74, 6) is 3.86. The third-order valence-corrected chi connectivity index (χ3v) is 7.99. The van der Waals surface area contributed by atoms with Crippen molar-refractivity contribution in [1.29, 1.82) is 0 Å². The zero-order chi connectivity index (χ0) is 17.6. The third-order valence-electron chi connectivity index (χ3n) is 4.98. The molecule has 2 saturated heterocycles. The highest BCUT2D eigenvalue weighted by atomic mass is 32.2. The molecule has 0 bridgehead atoms. The summed E-state index contributed by atoms with van der Waals surface area (Å²) < 4.78 is 6.25. The maximum absolute atomic E-state index is 12.3. The average molecular weight is 381 g/mol. The summed E-state index contributed by atoms with van der Waals surface area (Å²) in [7, 11) is 0. The molecule has 0 aromatic heterocycles. The van der Waals surface area contributed by atoms with Crippen molar-refractivity contribution in [1.82, 2.24) is 4.90 Å². The van der Waals surface area contributed by atoms with Crippen molar-refractivity contribution in [2.24, 2.45) is 11.7 Å². The van der Waals surface area contributed by atoms with Gasteiger partial charge in [-0.05, 0) is 61.3 Å². The number of carbonyl (C=O) groups excluding carboxylic acids is 1. The van der Waals surface area contributed by atoms with E-state index in [9.17, 15) is 4.79 Å². The largest absolute Gasteiger partial charge is 0.484 e. The summed E-state index contributed by atoms with van der Waals surface area (Å²) in [5, 5.41) is 0. The van der Waals surface area contributed by atoms with Gasteiger partial charge >= 0.3 is 0 Å². The Kier molecular flexibility index (Phi) is 6.96. The lowest BCUT2D eigenvalue weighted by Gasteiger charge is -2.33. The van der Waals surface area contributed by atoms with Gasteiger partial charge in [0.25, 0.3) is 5.91 Å². The number of likely N-dealkylation sites (tertiary alicyclic amines) is 1. The van der Waals surface area contributed by atoms with Gasteiger partial charge in [0, 0.05) is 19.1 Å². The molecule has 3 rings (SSSR count). The van der Waals surface area contributed by atoms with Crippen LogP contribution in [0.2, 0.25) is 0 Å². The van der Waals surface area contributed by atoms with Crippen LogP contribution in [-0.2, 0) is 4.79 Å². The first-order valence-corrected chi connectivity index (χ1v) is 11.2. The fourth-order valence-corrected chi connectivity index (χ4v) is 6.21. The maximum Gasteiger partial charge on any atom is 0.260 e. The zero-order valence-electron chi connectivity index (χ0n) is 14.9. The SMILES string of the molecule is CC(N)C1CCN(C(=O)COc2ccc(C3SCCCS3)cc2)CC1. The van der Waals surface area contributed by atoms with Gasteiger partial charge in [-0.25, -0.2) is 0 Å². The van der Waals surface area contributed by atoms with Crippen molar-refractivity contribution in [2.75, 3.05) is 31.2 Å². The molecular formula is C19H28N2O2S2. The minimum atomic E-state index is 0.0746. The Morgan fingerprint density at radius 1 is 1.24 bits per heavy atom. The number of thioether (sulfide) groups is 2. The first-order valence-electron chi connectivity index (χ1n) is 9.13. The summed E-state index contributed by atoms with van der Waals surface area (Å²) >= 11 is 4.03. The van der Waals surface area contributed by atoms with E-state index in [4.69, 9.17) is 10.5 Å². The summed E-state index contributed by atoms with van der Waals surface area (Å²) in [5.41, 5.74) is 7.30. The van der Waals surface area contributed by atoms with Crippen molar-refractivity contribution in [3.05, 3.63) is 29.8 Å². The number of ether oxygens (including phenoxy) is 1. The molecule has 25 heavy (non-hydrogen) atoms. The van der Waals surface area contributed by atoms with Crippen molar-refractivity contribution in [2.45, 2.75) is 36.8 Å². The molecule has 1 aromatic rings. The van der Waals surface area contributed by atoms with Gasteiger partial charge in [0.05, 0.1) is 4.58 Å². The molecule has 0 radical (unpaired) electrons. The summed E-state index contributed by atoms with van der Waals surface area (Å²) in [6, 6.07) is 8.45. The standard InChI is InChI=1S/C19H28N2O2S2/c1-14(20)15-7-9-21(10-8-15)18(22)13-23-17-5-3-16(4-6-17)19-24-11-2-12-25-19/h3-6,14-15,19H,2,7-13,20H2,1H3. The quantitative estimate of drug-likeness (QED) is 0.847. The number of hydrogen-bond donors (Lipinski definition) is 1. The zero-order valence-corrected chi connectivity index (χ0v) is 16.5. The van der Waals surface area contributed by atoms with Crippen molar-refractivity contribution in [3.63, 3.8) is 0 Å². The van der Waals surface area contributed by atoms with Gasteiger partial charge in [-0.2, -0.15) is 0 Å². The smallest absolute Gasteiger partial charge is 0.260 e. The van der Waals surface area contributed by atoms with Crippen LogP contribution in [0.25, 0.3) is 0 Å². The number of hydrogen-bond acceptors (Lipinski definition) is 5. The van der Waals surface area contributed by atoms with Crippen LogP contribution < -0.4 is 10.5 Å². The maximum atomic E-state index is 12.3. The number of carbonyl (C=O) groups is 1. The molecule has 4 nitrogen and oxygen atoms in total. The third kappa shape index (κ3) is 5.31. The van der Waals surface area contributed by atoms with E-state index >= 15 is 0 Å². The Labute approximate surface area is 159 Å². The van der Waals surface area contributed by atoms with E-state index in [0.29, 0.717) is 10.5 Å². The first-order chi connectivity index (χ1) is 12.1. The number of piperidine rings is 1. The Morgan fingerprint density at radius 3 is 2.48 bits per heavy atom. The van der Waals surface area contributed by atoms with Crippen LogP contribution in [0.15, 0.2) is 24.3 Å². The summed E-state index contributed by atoms with van der Waals surface area (Å²) in [4.78, 5) is 14.2. The van der Waals surface area contributed by atoms with Crippen LogP contribution >= 0.6 is 23.5 Å². The van der Waals surface area contributed by atoms with Gasteiger partial charge in [0.1, 0.15) is 5.75 Å². The van der Waals surface area contributed by atoms with Crippen LogP contribution in [0.1, 0.15) is 36.3 Å². The number of amides is 1. The predicted octanol–water partition coefficient (Wildman–Crippen LogP) is 3.52. The fraction of sp³-hybridized carbons (Fsp3) is 0.632. The van der Waals surface area contributed by atoms with E-state index in [1.54, 1.807) is 0 Å². The van der Waals surface area contributed by atoms with E-state index in [1.807, 2.05) is 40.6 Å². The topological polar surface area (TPSA) is 55.6 Å². The Bertz CT molecular complexity index is 551. The second kappa shape index (κ2) is 9.19. The number of nitrogens with two attached hydrogens (primary N) is 1. The van der Waals surface area contributed by atoms with Gasteiger partial charge in [-0.3, -0.25) is 4.79 Å². The van der Waals surface area contributed by atoms with E-state index in [-0.39, 0.29) is 18.6 Å². The van der Waals surface area contributed by atoms with Crippen molar-refractivity contribution in [3.8, 4) is 5.75 Å². The highest BCUT2D eigenvalue weighted by Gasteiger charge is 2.25. The van der Waals surface area contributed by atoms with Crippen LogP contribution in [-0.4, -0.2) is 48.1 Å². The molecule has 2 aliphatic heterocycles. The molecule has 2 aliphatic rings. The van der Waals surface area contributed by atoms with Crippen LogP contribution in [0.3, 0.4) is 0 Å². The summed E-state index contributed by atoms with van der Waals surface area (Å²) in [6.45, 7) is 3.77.